The number of carbonyl (C=O) groups is 1. The van der Waals surface area contributed by atoms with Crippen molar-refractivity contribution >= 4 is 21.6 Å². The molecule has 1 amide bonds. The van der Waals surface area contributed by atoms with Gasteiger partial charge >= 0.3 is 0 Å². The summed E-state index contributed by atoms with van der Waals surface area (Å²) in [5, 5.41) is 2.85. The van der Waals surface area contributed by atoms with Gasteiger partial charge in [0, 0.05) is 32.2 Å². The zero-order valence-corrected chi connectivity index (χ0v) is 16.3. The van der Waals surface area contributed by atoms with Crippen molar-refractivity contribution < 1.29 is 27.4 Å². The maximum Gasteiger partial charge on any atom is 0.232 e. The number of fused-ring (bicyclic) bond motifs is 1. The summed E-state index contributed by atoms with van der Waals surface area (Å²) in [6, 6.07) is 5.05. The molecular formula is C18H26N2O6S. The molecule has 1 aromatic rings. The average Bonchev–Trinajstić information content (AvgIpc) is 3.16. The van der Waals surface area contributed by atoms with Gasteiger partial charge in [0.2, 0.25) is 15.9 Å². The molecule has 0 spiro atoms. The summed E-state index contributed by atoms with van der Waals surface area (Å²) in [4.78, 5) is 12.0. The van der Waals surface area contributed by atoms with Gasteiger partial charge < -0.3 is 19.5 Å². The number of anilines is 1. The number of carbonyl (C=O) groups excluding carboxylic acids is 1. The van der Waals surface area contributed by atoms with E-state index in [1.54, 1.807) is 18.2 Å². The quantitative estimate of drug-likeness (QED) is 0.709. The minimum atomic E-state index is -3.48. The van der Waals surface area contributed by atoms with Crippen LogP contribution in [0.25, 0.3) is 0 Å². The highest BCUT2D eigenvalue weighted by atomic mass is 32.2. The predicted octanol–water partition coefficient (Wildman–Crippen LogP) is 1.30. The predicted molar refractivity (Wildman–Crippen MR) is 101 cm³/mol. The Morgan fingerprint density at radius 3 is 2.70 bits per heavy atom. The van der Waals surface area contributed by atoms with E-state index in [9.17, 15) is 13.2 Å². The van der Waals surface area contributed by atoms with Crippen molar-refractivity contribution in [3.63, 3.8) is 0 Å². The number of amides is 1. The molecule has 27 heavy (non-hydrogen) atoms. The number of rotatable bonds is 8. The number of hydrogen-bond acceptors (Lipinski definition) is 6. The van der Waals surface area contributed by atoms with E-state index in [1.165, 1.54) is 4.31 Å². The Morgan fingerprint density at radius 2 is 2.00 bits per heavy atom. The van der Waals surface area contributed by atoms with Crippen molar-refractivity contribution in [2.24, 2.45) is 0 Å². The summed E-state index contributed by atoms with van der Waals surface area (Å²) >= 11 is 0. The number of benzene rings is 1. The molecule has 1 fully saturated rings. The second kappa shape index (κ2) is 8.79. The average molecular weight is 398 g/mol. The largest absolute Gasteiger partial charge is 0.486 e. The molecule has 3 rings (SSSR count). The summed E-state index contributed by atoms with van der Waals surface area (Å²) in [7, 11) is -3.48. The van der Waals surface area contributed by atoms with Crippen LogP contribution in [0, 0.1) is 0 Å². The Bertz CT molecular complexity index is 761. The van der Waals surface area contributed by atoms with Crippen molar-refractivity contribution in [3.05, 3.63) is 18.2 Å². The van der Waals surface area contributed by atoms with E-state index >= 15 is 0 Å². The lowest BCUT2D eigenvalue weighted by molar-refractivity contribution is -0.121. The third kappa shape index (κ3) is 5.49. The fraction of sp³-hybridized carbons (Fsp3) is 0.611. The summed E-state index contributed by atoms with van der Waals surface area (Å²) in [6.07, 6.45) is 3.91. The molecule has 0 unspecified atom stereocenters. The first-order chi connectivity index (χ1) is 12.9. The van der Waals surface area contributed by atoms with Crippen LogP contribution in [0.1, 0.15) is 25.7 Å². The van der Waals surface area contributed by atoms with Crippen molar-refractivity contribution in [1.82, 2.24) is 5.32 Å². The first-order valence-corrected chi connectivity index (χ1v) is 11.0. The molecule has 1 saturated heterocycles. The second-order valence-corrected chi connectivity index (χ2v) is 8.61. The van der Waals surface area contributed by atoms with Crippen molar-refractivity contribution in [1.29, 1.82) is 0 Å². The number of ether oxygens (including phenoxy) is 3. The van der Waals surface area contributed by atoms with Crippen LogP contribution in [0.5, 0.6) is 11.5 Å². The zero-order valence-electron chi connectivity index (χ0n) is 15.5. The van der Waals surface area contributed by atoms with Crippen LogP contribution in [0.15, 0.2) is 18.2 Å². The van der Waals surface area contributed by atoms with Crippen LogP contribution in [0.2, 0.25) is 0 Å². The topological polar surface area (TPSA) is 94.2 Å². The van der Waals surface area contributed by atoms with Gasteiger partial charge in [-0.2, -0.15) is 0 Å². The molecular weight excluding hydrogens is 372 g/mol. The van der Waals surface area contributed by atoms with Crippen LogP contribution in [-0.4, -0.2) is 59.6 Å². The van der Waals surface area contributed by atoms with Crippen LogP contribution in [-0.2, 0) is 19.6 Å². The highest BCUT2D eigenvalue weighted by Crippen LogP contribution is 2.34. The number of sulfonamides is 1. The van der Waals surface area contributed by atoms with E-state index in [0.29, 0.717) is 43.4 Å². The number of hydrogen-bond donors (Lipinski definition) is 1. The van der Waals surface area contributed by atoms with Crippen molar-refractivity contribution in [3.8, 4) is 11.5 Å². The summed E-state index contributed by atoms with van der Waals surface area (Å²) in [6.45, 7) is 2.38. The maximum atomic E-state index is 12.2. The van der Waals surface area contributed by atoms with E-state index in [0.717, 1.165) is 25.7 Å². The van der Waals surface area contributed by atoms with Gasteiger partial charge in [-0.1, -0.05) is 0 Å². The third-order valence-electron chi connectivity index (χ3n) is 4.53. The maximum absolute atomic E-state index is 12.2. The van der Waals surface area contributed by atoms with Gasteiger partial charge in [0.25, 0.3) is 0 Å². The SMILES string of the molecule is CS(=O)(=O)N(CCCC(=O)NC[C@H]1CCCO1)c1ccc2c(c1)OCCO2. The normalized spacial score (nSPS) is 18.9. The lowest BCUT2D eigenvalue weighted by Crippen LogP contribution is -2.34. The van der Waals surface area contributed by atoms with Crippen molar-refractivity contribution in [2.45, 2.75) is 31.8 Å². The summed E-state index contributed by atoms with van der Waals surface area (Å²) in [5.41, 5.74) is 0.501. The van der Waals surface area contributed by atoms with Gasteiger partial charge in [0.1, 0.15) is 13.2 Å². The molecule has 0 aliphatic carbocycles. The molecule has 2 aliphatic heterocycles. The molecule has 1 aromatic carbocycles. The Labute approximate surface area is 159 Å². The second-order valence-electron chi connectivity index (χ2n) is 6.71. The lowest BCUT2D eigenvalue weighted by Gasteiger charge is -2.25. The molecule has 1 atom stereocenters. The molecule has 0 saturated carbocycles. The van der Waals surface area contributed by atoms with Gasteiger partial charge in [0.15, 0.2) is 11.5 Å². The molecule has 0 aromatic heterocycles. The molecule has 9 heteroatoms. The monoisotopic (exact) mass is 398 g/mol. The van der Waals surface area contributed by atoms with E-state index in [1.807, 2.05) is 0 Å². The minimum Gasteiger partial charge on any atom is -0.486 e. The molecule has 2 heterocycles. The van der Waals surface area contributed by atoms with Gasteiger partial charge in [-0.05, 0) is 31.4 Å². The third-order valence-corrected chi connectivity index (χ3v) is 5.72. The molecule has 1 N–H and O–H groups in total. The summed E-state index contributed by atoms with van der Waals surface area (Å²) in [5.74, 6) is 1.04. The molecule has 0 bridgehead atoms. The van der Waals surface area contributed by atoms with Gasteiger partial charge in [-0.25, -0.2) is 8.42 Å². The van der Waals surface area contributed by atoms with E-state index < -0.39 is 10.0 Å². The first kappa shape index (κ1) is 19.8. The molecule has 8 nitrogen and oxygen atoms in total. The standard InChI is InChI=1S/C18H26N2O6S/c1-27(22,23)20(14-6-7-16-17(12-14)26-11-10-25-16)8-2-5-18(21)19-13-15-4-3-9-24-15/h6-7,12,15H,2-5,8-11,13H2,1H3,(H,19,21)/t15-/m1/s1. The Morgan fingerprint density at radius 1 is 1.22 bits per heavy atom. The van der Waals surface area contributed by atoms with Gasteiger partial charge in [-0.15, -0.1) is 0 Å². The van der Waals surface area contributed by atoms with Crippen LogP contribution >= 0.6 is 0 Å². The Kier molecular flexibility index (Phi) is 6.43. The van der Waals surface area contributed by atoms with Gasteiger partial charge in [0.05, 0.1) is 18.0 Å². The number of nitrogens with zero attached hydrogens (tertiary/aromatic N) is 1. The highest BCUT2D eigenvalue weighted by molar-refractivity contribution is 7.92. The van der Waals surface area contributed by atoms with Gasteiger partial charge in [-0.3, -0.25) is 9.10 Å². The van der Waals surface area contributed by atoms with Crippen molar-refractivity contribution in [2.75, 3.05) is 43.5 Å². The molecule has 150 valence electrons. The smallest absolute Gasteiger partial charge is 0.232 e. The molecule has 2 aliphatic rings. The lowest BCUT2D eigenvalue weighted by atomic mass is 10.2. The fourth-order valence-corrected chi connectivity index (χ4v) is 4.14. The zero-order chi connectivity index (χ0) is 19.3. The Balaban J connectivity index is 1.55. The first-order valence-electron chi connectivity index (χ1n) is 9.19. The number of nitrogens with one attached hydrogen (secondary N) is 1. The van der Waals surface area contributed by atoms with Crippen LogP contribution in [0.4, 0.5) is 5.69 Å². The summed E-state index contributed by atoms with van der Waals surface area (Å²) < 4.78 is 42.2. The minimum absolute atomic E-state index is 0.0962. The Hall–Kier alpha value is -2.00. The van der Waals surface area contributed by atoms with Crippen LogP contribution in [0.3, 0.4) is 0 Å². The fourth-order valence-electron chi connectivity index (χ4n) is 3.18. The van der Waals surface area contributed by atoms with E-state index in [-0.39, 0.29) is 25.0 Å². The van der Waals surface area contributed by atoms with E-state index in [4.69, 9.17) is 14.2 Å². The molecule has 0 radical (unpaired) electrons. The van der Waals surface area contributed by atoms with Crippen LogP contribution < -0.4 is 19.1 Å². The van der Waals surface area contributed by atoms with E-state index in [2.05, 4.69) is 5.32 Å². The highest BCUT2D eigenvalue weighted by Gasteiger charge is 2.21.